The molecule has 800 valence electrons. The third kappa shape index (κ3) is 34.1. The number of imide groups is 1. The van der Waals surface area contributed by atoms with E-state index in [1.54, 1.807) is 98.8 Å². The molecule has 16 atom stereocenters. The molecule has 47 nitrogen and oxygen atoms in total. The van der Waals surface area contributed by atoms with Crippen molar-refractivity contribution >= 4 is 144 Å². The van der Waals surface area contributed by atoms with Crippen molar-refractivity contribution in [3.05, 3.63) is 137 Å². The molecule has 4 unspecified atom stereocenters. The molecule has 49 heteroatoms. The van der Waals surface area contributed by atoms with Crippen LogP contribution in [0.3, 0.4) is 0 Å². The number of anilines is 1. The van der Waals surface area contributed by atoms with Gasteiger partial charge in [0.2, 0.25) is 70.8 Å². The topological polar surface area (TPSA) is 724 Å². The van der Waals surface area contributed by atoms with Gasteiger partial charge in [-0.15, -0.1) is 0 Å². The number of carbonyl (C=O) groups excluding carboxylic acids is 18. The number of aryl methyl sites for hydroxylation is 3. The fourth-order valence-corrected chi connectivity index (χ4v) is 18.7. The van der Waals surface area contributed by atoms with Crippen molar-refractivity contribution in [2.45, 2.75) is 214 Å². The zero-order valence-electron chi connectivity index (χ0n) is 81.9. The van der Waals surface area contributed by atoms with Crippen LogP contribution in [0.2, 0.25) is 0 Å². The lowest BCUT2D eigenvalue weighted by atomic mass is 9.88. The summed E-state index contributed by atoms with van der Waals surface area (Å²) >= 11 is 1.11. The van der Waals surface area contributed by atoms with Crippen LogP contribution in [0.15, 0.2) is 97.5 Å². The van der Waals surface area contributed by atoms with Gasteiger partial charge in [-0.25, -0.2) is 13.4 Å². The number of carbonyl (C=O) groups is 18. The number of allylic oxidation sites excluding steroid dienone is 1. The quantitative estimate of drug-likeness (QED) is 0.00582. The molecule has 11 amide bonds. The standard InChI is InChI=1S/C98H128N14O33S2/c1-51-31-66-67(32-51)88(131)65-33-52(2)77(39-60(65)40-79(66)147(141,142)143)145-28-8-9-84(127)107-80-48-110(6)93(108-80)72(119)35-55-10-13-57(14-11-55)61-38-70(109(5)46-61)97(139)111-27-24-58-34-56(12-19-69(58)111)36-71(118)53(3)105-94(136)54(4)104-85(128)20-15-59(37-64(117)47-112-87(130)41-78(146-7)98(112)140)95(137)102-43-63(116)17-22-82(125)100-42-62(115)16-21-81(124)99-26-30-144-29-25-86(129)106-68(96(138)103-45-74(121)90(133)92(135)76(123)50-114)18-23-83(126)101-44-73(120)89(132)91(134)75(122)49-113/h10-14,19,24,27,33-34,38-39,46,48,53-54,59,66-68,73-76,78-79,89-92,113-114,120-123,132-135H,1,8-9,15-18,20-23,25-26,28-32,35-37,40-45,47,49-50H2,2-7H3,(H,99,124)(H,100,125)(H,101,126)(H,102,137)(H,103,138)(H,104,128)(H,105,136)(H,106,129)(H,107,127)(H,141,142,143)/p-1/t53-,54-,59+,66+,67?,68?,73-,74-,75+,76+,78?,79?,89+,90+,91+,92+/m0/s1. The molecule has 147 heavy (non-hydrogen) atoms. The fraction of sp³-hybridized carbons (Fsp3) is 0.520. The number of rotatable bonds is 60. The average molecular weight is 2090 g/mol. The van der Waals surface area contributed by atoms with Gasteiger partial charge in [0, 0.05) is 158 Å². The molecule has 9 rings (SSSR count). The Balaban J connectivity index is 0.662. The maximum atomic E-state index is 14.3. The molecule has 0 bridgehead atoms. The summed E-state index contributed by atoms with van der Waals surface area (Å²) in [6.45, 7) is 2.72. The van der Waals surface area contributed by atoms with Crippen molar-refractivity contribution in [3.63, 3.8) is 0 Å². The van der Waals surface area contributed by atoms with Gasteiger partial charge in [-0.1, -0.05) is 42.5 Å². The van der Waals surface area contributed by atoms with Gasteiger partial charge in [0.15, 0.2) is 40.6 Å². The molecule has 4 heterocycles. The second-order valence-corrected chi connectivity index (χ2v) is 39.4. The van der Waals surface area contributed by atoms with Crippen molar-refractivity contribution in [3.8, 4) is 16.9 Å². The number of aliphatic hydroxyl groups is 10. The predicted molar refractivity (Wildman–Crippen MR) is 522 cm³/mol. The van der Waals surface area contributed by atoms with E-state index in [0.717, 1.165) is 27.8 Å². The molecule has 1 saturated heterocycles. The van der Waals surface area contributed by atoms with Crippen LogP contribution in [0.1, 0.15) is 164 Å². The average Bonchev–Trinajstić information content (AvgIpc) is 1.61. The number of aliphatic hydroxyl groups excluding tert-OH is 10. The number of hydrogen-bond donors (Lipinski definition) is 19. The van der Waals surface area contributed by atoms with Gasteiger partial charge in [0.1, 0.15) is 60.2 Å². The number of Topliss-reactive ketones (excluding diaryl/α,β-unsaturated/α-hetero) is 6. The Bertz CT molecular complexity index is 5960. The summed E-state index contributed by atoms with van der Waals surface area (Å²) in [6, 6.07) is 15.1. The molecule has 0 spiro atoms. The zero-order chi connectivity index (χ0) is 108. The Morgan fingerprint density at radius 2 is 1.20 bits per heavy atom. The number of thioether (sulfide) groups is 1. The largest absolute Gasteiger partial charge is 0.748 e. The van der Waals surface area contributed by atoms with Crippen LogP contribution in [-0.2, 0) is 120 Å². The molecule has 1 saturated carbocycles. The number of likely N-dealkylation sites (tertiary alicyclic amines) is 1. The van der Waals surface area contributed by atoms with Gasteiger partial charge in [0.25, 0.3) is 5.91 Å². The van der Waals surface area contributed by atoms with Gasteiger partial charge < -0.3 is 122 Å². The van der Waals surface area contributed by atoms with E-state index >= 15 is 0 Å². The minimum atomic E-state index is -4.75. The molecule has 1 aliphatic heterocycles. The number of hydrogen-bond acceptors (Lipinski definition) is 35. The fourth-order valence-electron chi connectivity index (χ4n) is 16.9. The van der Waals surface area contributed by atoms with Gasteiger partial charge in [-0.3, -0.25) is 95.8 Å². The Kier molecular flexibility index (Phi) is 44.2. The van der Waals surface area contributed by atoms with Crippen molar-refractivity contribution in [2.24, 2.45) is 31.8 Å². The minimum Gasteiger partial charge on any atom is -0.748 e. The highest BCUT2D eigenvalue weighted by Crippen LogP contribution is 2.46. The molecule has 0 radical (unpaired) electrons. The van der Waals surface area contributed by atoms with E-state index in [1.807, 2.05) is 12.1 Å². The van der Waals surface area contributed by atoms with Crippen LogP contribution >= 0.6 is 11.8 Å². The minimum absolute atomic E-state index is 0.0169. The van der Waals surface area contributed by atoms with E-state index in [0.29, 0.717) is 62.1 Å². The molecular formula is C98H127N14O33S2-. The molecule has 6 aromatic rings. The number of amides is 11. The first-order valence-corrected chi connectivity index (χ1v) is 50.4. The van der Waals surface area contributed by atoms with E-state index in [9.17, 15) is 140 Å². The number of fused-ring (bicyclic) bond motifs is 3. The Morgan fingerprint density at radius 3 is 1.85 bits per heavy atom. The van der Waals surface area contributed by atoms with Crippen LogP contribution in [0.5, 0.6) is 5.75 Å². The second kappa shape index (κ2) is 55.2. The Morgan fingerprint density at radius 1 is 0.585 bits per heavy atom. The molecule has 3 aliphatic rings. The monoisotopic (exact) mass is 2090 g/mol. The first kappa shape index (κ1) is 118. The highest BCUT2D eigenvalue weighted by Gasteiger charge is 2.47. The first-order valence-electron chi connectivity index (χ1n) is 47.7. The molecule has 3 aromatic carbocycles. The van der Waals surface area contributed by atoms with Gasteiger partial charge in [-0.2, -0.15) is 11.8 Å². The number of imidazole rings is 1. The summed E-state index contributed by atoms with van der Waals surface area (Å²) in [4.78, 5) is 243. The third-order valence-electron chi connectivity index (χ3n) is 25.5. The van der Waals surface area contributed by atoms with E-state index in [-0.39, 0.29) is 120 Å². The summed E-state index contributed by atoms with van der Waals surface area (Å²) in [7, 11) is -1.40. The van der Waals surface area contributed by atoms with Crippen LogP contribution in [0.25, 0.3) is 22.0 Å². The van der Waals surface area contributed by atoms with E-state index in [4.69, 9.17) is 19.7 Å². The number of ketones is 6. The molecule has 2 aliphatic carbocycles. The van der Waals surface area contributed by atoms with Crippen LogP contribution < -0.4 is 52.6 Å². The summed E-state index contributed by atoms with van der Waals surface area (Å²) in [5.74, 6) is -13.4. The Hall–Kier alpha value is -12.9. The number of nitrogens with zero attached hydrogens (tertiary/aromatic N) is 5. The lowest BCUT2D eigenvalue weighted by molar-refractivity contribution is -0.142. The van der Waals surface area contributed by atoms with Gasteiger partial charge in [-0.05, 0) is 136 Å². The number of ether oxygens (including phenoxy) is 2. The van der Waals surface area contributed by atoms with Gasteiger partial charge in [0.05, 0.1) is 97.1 Å². The molecule has 2 fully saturated rings. The SMILES string of the molecule is C=C1CC2C(=O)c3cc(C)c(OCCCC(=O)Nc4cn(C)c(C(=O)Cc5ccc(-c6cc(C(=O)n7ccc8cc(CC(=O)[C@H](C)NC(=O)[C@H](C)NC(=O)CC[C@H](CC(=O)CN9C(=O)CC(SC)C9=O)C(=O)NCC(=O)CCC(=O)NCC(=O)CCC(=O)NCCOCCC(=O)NC(CCC(=O)NC[C@H](O)[C@@H](O)[C@H](O)[C@H](O)CO)C(=O)NC[C@H](O)[C@@H](O)[C@H](O)[C@H](O)CO)ccc87)n(C)c6)cc5)n4)cc3CC(S(=O)(=O)[O-])[C@@H]2C1. The number of benzene rings is 3. The van der Waals surface area contributed by atoms with Crippen molar-refractivity contribution < 1.29 is 160 Å². The zero-order valence-corrected chi connectivity index (χ0v) is 83.6. The maximum absolute atomic E-state index is 14.3. The summed E-state index contributed by atoms with van der Waals surface area (Å²) in [5.41, 5.74) is 5.68. The number of nitrogens with one attached hydrogen (secondary N) is 9. The van der Waals surface area contributed by atoms with Crippen molar-refractivity contribution in [1.29, 1.82) is 0 Å². The van der Waals surface area contributed by atoms with Crippen LogP contribution in [0, 0.1) is 24.7 Å². The molecule has 19 N–H and O–H groups in total. The van der Waals surface area contributed by atoms with E-state index in [1.165, 1.54) is 29.2 Å². The van der Waals surface area contributed by atoms with Crippen molar-refractivity contribution in [2.75, 3.05) is 83.9 Å². The normalized spacial score (nSPS) is 17.5. The third-order valence-corrected chi connectivity index (χ3v) is 27.6. The number of aromatic nitrogens is 4. The summed E-state index contributed by atoms with van der Waals surface area (Å²) in [5, 5.41) is 118. The van der Waals surface area contributed by atoms with E-state index < -0.39 is 284 Å². The second-order valence-electron chi connectivity index (χ2n) is 36.7. The lowest BCUT2D eigenvalue weighted by Crippen LogP contribution is -2.53. The van der Waals surface area contributed by atoms with Gasteiger partial charge >= 0.3 is 0 Å². The highest BCUT2D eigenvalue weighted by molar-refractivity contribution is 8.00. The van der Waals surface area contributed by atoms with Crippen molar-refractivity contribution in [1.82, 2.24) is 66.1 Å². The highest BCUT2D eigenvalue weighted by atomic mass is 32.2. The maximum Gasteiger partial charge on any atom is 0.278 e. The summed E-state index contributed by atoms with van der Waals surface area (Å²) < 4.78 is 53.4. The molecular weight excluding hydrogens is 1970 g/mol. The smallest absolute Gasteiger partial charge is 0.278 e. The first-order chi connectivity index (χ1) is 69.6. The lowest BCUT2D eigenvalue weighted by Gasteiger charge is -2.27. The van der Waals surface area contributed by atoms with Crippen LogP contribution in [0.4, 0.5) is 5.82 Å². The van der Waals surface area contributed by atoms with E-state index in [2.05, 4.69) is 59.4 Å². The van der Waals surface area contributed by atoms with Crippen LogP contribution in [-0.4, -0.2) is 349 Å². The Labute approximate surface area is 849 Å². The summed E-state index contributed by atoms with van der Waals surface area (Å²) in [6.07, 6.45) is -13.1. The predicted octanol–water partition coefficient (Wildman–Crippen LogP) is -3.37. The molecule has 3 aromatic heterocycles.